The molecule has 0 aliphatic carbocycles. The minimum atomic E-state index is -3.79. The molecule has 1 fully saturated rings. The summed E-state index contributed by atoms with van der Waals surface area (Å²) < 4.78 is 34.8. The van der Waals surface area contributed by atoms with Crippen LogP contribution in [0.5, 0.6) is 0 Å². The largest absolute Gasteiger partial charge is 0.414 e. The average molecular weight is 511 g/mol. The van der Waals surface area contributed by atoms with Gasteiger partial charge >= 0.3 is 0 Å². The predicted octanol–water partition coefficient (Wildman–Crippen LogP) is 3.81. The third-order valence-corrected chi connectivity index (χ3v) is 9.41. The molecule has 0 aromatic heterocycles. The van der Waals surface area contributed by atoms with E-state index in [9.17, 15) is 18.0 Å². The van der Waals surface area contributed by atoms with E-state index >= 15 is 0 Å². The minimum absolute atomic E-state index is 0.0476. The number of benzene rings is 1. The molecule has 1 aromatic rings. The highest BCUT2D eigenvalue weighted by Crippen LogP contribution is 2.46. The van der Waals surface area contributed by atoms with E-state index in [0.29, 0.717) is 11.1 Å². The highest BCUT2D eigenvalue weighted by atomic mass is 32.2. The number of aryl methyl sites for hydroxylation is 1. The van der Waals surface area contributed by atoms with Gasteiger partial charge in [0, 0.05) is 17.0 Å². The van der Waals surface area contributed by atoms with E-state index in [0.717, 1.165) is 0 Å². The van der Waals surface area contributed by atoms with E-state index in [-0.39, 0.29) is 22.0 Å². The van der Waals surface area contributed by atoms with E-state index in [1.54, 1.807) is 40.7 Å². The Bertz CT molecular complexity index is 1060. The van der Waals surface area contributed by atoms with Gasteiger partial charge in [0.1, 0.15) is 0 Å². The second kappa shape index (κ2) is 9.48. The predicted molar refractivity (Wildman–Crippen MR) is 138 cm³/mol. The van der Waals surface area contributed by atoms with Crippen molar-refractivity contribution in [2.75, 3.05) is 0 Å². The lowest BCUT2D eigenvalue weighted by Gasteiger charge is -2.55. The van der Waals surface area contributed by atoms with Crippen LogP contribution in [0.4, 0.5) is 0 Å². The molecule has 1 aliphatic rings. The van der Waals surface area contributed by atoms with Crippen molar-refractivity contribution in [2.45, 2.75) is 97.5 Å². The summed E-state index contributed by atoms with van der Waals surface area (Å²) in [6.07, 6.45) is 0. The number of sulfonamides is 1. The molecule has 1 aromatic carbocycles. The Balaban J connectivity index is 2.43. The van der Waals surface area contributed by atoms with E-state index < -0.39 is 48.1 Å². The number of Topliss-reactive ketones (excluding diaryl/α,β-unsaturated/α-hetero) is 1. The molecule has 0 spiro atoms. The van der Waals surface area contributed by atoms with Gasteiger partial charge in [0.2, 0.25) is 15.9 Å². The normalized spacial score (nSPS) is 22.1. The van der Waals surface area contributed by atoms with Crippen LogP contribution >= 0.6 is 0 Å². The molecule has 1 amide bonds. The van der Waals surface area contributed by atoms with E-state index in [1.165, 1.54) is 12.1 Å². The number of rotatable bonds is 8. The van der Waals surface area contributed by atoms with Crippen LogP contribution < -0.4 is 10.0 Å². The lowest BCUT2D eigenvalue weighted by atomic mass is 9.62. The molecule has 0 saturated carbocycles. The van der Waals surface area contributed by atoms with Gasteiger partial charge in [0.25, 0.3) is 0 Å². The van der Waals surface area contributed by atoms with Gasteiger partial charge in [0.15, 0.2) is 14.8 Å². The van der Waals surface area contributed by atoms with Gasteiger partial charge in [0.05, 0.1) is 22.5 Å². The summed E-state index contributed by atoms with van der Waals surface area (Å²) in [5.74, 6) is -1.33. The molecule has 4 atom stereocenters. The van der Waals surface area contributed by atoms with Gasteiger partial charge in [-0.15, -0.1) is 0 Å². The number of ketones is 1. The van der Waals surface area contributed by atoms with Gasteiger partial charge in [-0.3, -0.25) is 9.59 Å². The summed E-state index contributed by atoms with van der Waals surface area (Å²) in [7, 11) is -5.28. The maximum atomic E-state index is 13.6. The molecule has 0 unspecified atom stereocenters. The van der Waals surface area contributed by atoms with Crippen molar-refractivity contribution in [1.82, 2.24) is 10.0 Å². The van der Waals surface area contributed by atoms with Gasteiger partial charge in [-0.05, 0) is 70.8 Å². The van der Waals surface area contributed by atoms with Crippen molar-refractivity contribution < 1.29 is 22.4 Å². The topological polar surface area (TPSA) is 102 Å². The summed E-state index contributed by atoms with van der Waals surface area (Å²) in [6, 6.07) is 4.21. The van der Waals surface area contributed by atoms with Crippen molar-refractivity contribution in [3.63, 3.8) is 0 Å². The summed E-state index contributed by atoms with van der Waals surface area (Å²) >= 11 is 0. The molecule has 9 heteroatoms. The summed E-state index contributed by atoms with van der Waals surface area (Å²) in [6.45, 7) is 21.2. The highest BCUT2D eigenvalue weighted by molar-refractivity contribution is 7.89. The van der Waals surface area contributed by atoms with Crippen molar-refractivity contribution in [2.24, 2.45) is 17.3 Å². The fraction of sp³-hybridized carbons (Fsp3) is 0.680. The third-order valence-electron chi connectivity index (χ3n) is 6.69. The Labute approximate surface area is 207 Å². The Morgan fingerprint density at radius 1 is 1.12 bits per heavy atom. The molecule has 192 valence electrons. The Morgan fingerprint density at radius 3 is 2.12 bits per heavy atom. The van der Waals surface area contributed by atoms with Crippen LogP contribution in [0.1, 0.15) is 71.3 Å². The number of nitrogens with one attached hydrogen (secondary N) is 2. The van der Waals surface area contributed by atoms with Crippen molar-refractivity contribution in [3.05, 3.63) is 29.3 Å². The van der Waals surface area contributed by atoms with Crippen LogP contribution in [0, 0.1) is 24.2 Å². The molecular weight excluding hydrogens is 468 g/mol. The second-order valence-electron chi connectivity index (χ2n) is 12.0. The number of hydrogen-bond acceptors (Lipinski definition) is 5. The number of amides is 1. The SMILES string of the molecule is Cc1ccc(S(=O)(=O)NC(C)(C)C)cc1C(=O)[C@H](C)[C@H]1NC(=O)[C@@H]1[C@@](C)(O[SiH](C)C)C(C)(C)C. The molecule has 2 rings (SSSR count). The summed E-state index contributed by atoms with van der Waals surface area (Å²) in [5, 5.41) is 2.93. The quantitative estimate of drug-likeness (QED) is 0.315. The van der Waals surface area contributed by atoms with Crippen molar-refractivity contribution >= 4 is 30.8 Å². The molecule has 34 heavy (non-hydrogen) atoms. The Morgan fingerprint density at radius 2 is 1.68 bits per heavy atom. The molecule has 7 nitrogen and oxygen atoms in total. The summed E-state index contributed by atoms with van der Waals surface area (Å²) in [5.41, 5.74) is -0.664. The highest BCUT2D eigenvalue weighted by Gasteiger charge is 2.59. The number of β-lactam (4-membered cyclic amide) rings is 1. The van der Waals surface area contributed by atoms with Crippen LogP contribution in [0.15, 0.2) is 23.1 Å². The van der Waals surface area contributed by atoms with Crippen LogP contribution in [0.3, 0.4) is 0 Å². The average Bonchev–Trinajstić information content (AvgIpc) is 2.61. The Hall–Kier alpha value is -1.55. The summed E-state index contributed by atoms with van der Waals surface area (Å²) in [4.78, 5) is 26.5. The monoisotopic (exact) mass is 510 g/mol. The van der Waals surface area contributed by atoms with E-state index in [2.05, 4.69) is 43.9 Å². The molecule has 1 saturated heterocycles. The molecule has 1 aliphatic heterocycles. The molecule has 0 radical (unpaired) electrons. The fourth-order valence-electron chi connectivity index (χ4n) is 4.52. The first-order valence-electron chi connectivity index (χ1n) is 11.9. The maximum absolute atomic E-state index is 13.6. The van der Waals surface area contributed by atoms with Crippen LogP contribution in [-0.4, -0.2) is 46.3 Å². The van der Waals surface area contributed by atoms with Crippen molar-refractivity contribution in [3.8, 4) is 0 Å². The zero-order chi connectivity index (χ0) is 26.4. The lowest BCUT2D eigenvalue weighted by molar-refractivity contribution is -0.161. The number of carbonyl (C=O) groups is 2. The molecular formula is C25H42N2O5SSi. The second-order valence-corrected chi connectivity index (χ2v) is 16.0. The van der Waals surface area contributed by atoms with Gasteiger partial charge in [-0.25, -0.2) is 13.1 Å². The first-order valence-corrected chi connectivity index (χ1v) is 16.1. The van der Waals surface area contributed by atoms with E-state index in [4.69, 9.17) is 4.43 Å². The van der Waals surface area contributed by atoms with Gasteiger partial charge in [-0.2, -0.15) is 0 Å². The molecule has 0 bridgehead atoms. The maximum Gasteiger partial charge on any atom is 0.241 e. The first kappa shape index (κ1) is 28.7. The zero-order valence-corrected chi connectivity index (χ0v) is 24.5. The minimum Gasteiger partial charge on any atom is -0.414 e. The Kier molecular flexibility index (Phi) is 8.00. The lowest BCUT2D eigenvalue weighted by Crippen LogP contribution is -2.72. The zero-order valence-electron chi connectivity index (χ0n) is 22.5. The molecule has 1 heterocycles. The fourth-order valence-corrected chi connectivity index (χ4v) is 7.44. The van der Waals surface area contributed by atoms with Crippen LogP contribution in [-0.2, 0) is 19.2 Å². The molecule has 2 N–H and O–H groups in total. The van der Waals surface area contributed by atoms with Crippen LogP contribution in [0.25, 0.3) is 0 Å². The van der Waals surface area contributed by atoms with Gasteiger partial charge in [-0.1, -0.05) is 33.8 Å². The van der Waals surface area contributed by atoms with Crippen molar-refractivity contribution in [1.29, 1.82) is 0 Å². The first-order chi connectivity index (χ1) is 15.2. The third kappa shape index (κ3) is 5.80. The standard InChI is InChI=1S/C25H42N2O5SSi/c1-15-12-13-17(33(30,31)27-24(6,7)8)14-18(15)21(28)16(2)20-19(22(29)26-20)25(9,23(3,4)5)32-34(10)11/h12-14,16,19-20,27,34H,1-11H3,(H,26,29)/t16-,19-,20-,25-/m1/s1. The smallest absolute Gasteiger partial charge is 0.241 e. The van der Waals surface area contributed by atoms with Crippen LogP contribution in [0.2, 0.25) is 13.1 Å². The van der Waals surface area contributed by atoms with E-state index in [1.807, 2.05) is 6.92 Å². The number of hydrogen-bond donors (Lipinski definition) is 2. The number of carbonyl (C=O) groups excluding carboxylic acids is 2. The van der Waals surface area contributed by atoms with Gasteiger partial charge < -0.3 is 9.74 Å².